The Morgan fingerprint density at radius 1 is 1.39 bits per heavy atom. The Hall–Kier alpha value is -3.60. The number of rotatable bonds is 3. The summed E-state index contributed by atoms with van der Waals surface area (Å²) in [6.45, 7) is 5.35. The summed E-state index contributed by atoms with van der Waals surface area (Å²) in [4.78, 5) is 21.4. The molecular weight excluding hydrogens is 358 g/mol. The van der Waals surface area contributed by atoms with Crippen molar-refractivity contribution in [2.75, 3.05) is 20.2 Å². The molecule has 2 aromatic rings. The van der Waals surface area contributed by atoms with Crippen LogP contribution in [0.4, 0.5) is 0 Å². The molecule has 0 spiro atoms. The van der Waals surface area contributed by atoms with E-state index in [1.807, 2.05) is 0 Å². The Bertz CT molecular complexity index is 992. The van der Waals surface area contributed by atoms with E-state index in [1.54, 1.807) is 6.07 Å². The molecule has 8 heteroatoms. The van der Waals surface area contributed by atoms with Crippen LogP contribution in [0.3, 0.4) is 0 Å². The number of phenols is 1. The lowest BCUT2D eigenvalue weighted by atomic mass is 9.93. The molecule has 1 aliphatic heterocycles. The number of hydrogen-bond acceptors (Lipinski definition) is 7. The van der Waals surface area contributed by atoms with Crippen LogP contribution in [0.2, 0.25) is 0 Å². The molecule has 0 atom stereocenters. The maximum absolute atomic E-state index is 13.0. The van der Waals surface area contributed by atoms with Gasteiger partial charge in [0.15, 0.2) is 5.96 Å². The molecule has 0 aliphatic carbocycles. The van der Waals surface area contributed by atoms with Crippen LogP contribution in [0.15, 0.2) is 35.6 Å². The first-order valence-electron chi connectivity index (χ1n) is 8.70. The minimum absolute atomic E-state index is 0.00544. The number of guanidine groups is 1. The highest BCUT2D eigenvalue weighted by molar-refractivity contribution is 6.11. The zero-order valence-electron chi connectivity index (χ0n) is 15.9. The largest absolute Gasteiger partial charge is 0.507 e. The molecule has 144 valence electrons. The SMILES string of the molecule is COc1cncc(-c2c(C#N)ccc(O)c2C(=O)NC2=NCC(C)(C)CN2)c1. The van der Waals surface area contributed by atoms with Crippen molar-refractivity contribution in [3.05, 3.63) is 41.7 Å². The van der Waals surface area contributed by atoms with Crippen LogP contribution in [0.1, 0.15) is 29.8 Å². The van der Waals surface area contributed by atoms with Crippen molar-refractivity contribution >= 4 is 11.9 Å². The molecule has 0 radical (unpaired) electrons. The quantitative estimate of drug-likeness (QED) is 0.751. The standard InChI is InChI=1S/C20H21N5O3/c1-20(2)10-23-19(24-11-20)25-18(27)17-15(26)5-4-12(7-21)16(17)13-6-14(28-3)9-22-8-13/h4-6,8-9,26H,10-11H2,1-3H3,(H2,23,24,25,27). The van der Waals surface area contributed by atoms with E-state index in [9.17, 15) is 15.2 Å². The van der Waals surface area contributed by atoms with E-state index >= 15 is 0 Å². The van der Waals surface area contributed by atoms with Crippen molar-refractivity contribution in [2.45, 2.75) is 13.8 Å². The average molecular weight is 379 g/mol. The van der Waals surface area contributed by atoms with Gasteiger partial charge in [0.05, 0.1) is 30.5 Å². The predicted molar refractivity (Wildman–Crippen MR) is 104 cm³/mol. The zero-order chi connectivity index (χ0) is 20.3. The van der Waals surface area contributed by atoms with Gasteiger partial charge in [0, 0.05) is 35.8 Å². The van der Waals surface area contributed by atoms with Gasteiger partial charge in [-0.3, -0.25) is 20.1 Å². The van der Waals surface area contributed by atoms with Gasteiger partial charge in [-0.05, 0) is 18.2 Å². The van der Waals surface area contributed by atoms with Gasteiger partial charge in [-0.15, -0.1) is 0 Å². The smallest absolute Gasteiger partial charge is 0.262 e. The van der Waals surface area contributed by atoms with E-state index in [0.717, 1.165) is 0 Å². The van der Waals surface area contributed by atoms with Gasteiger partial charge in [-0.1, -0.05) is 13.8 Å². The van der Waals surface area contributed by atoms with Crippen molar-refractivity contribution in [1.82, 2.24) is 15.6 Å². The second-order valence-corrected chi connectivity index (χ2v) is 7.24. The van der Waals surface area contributed by atoms with Gasteiger partial charge < -0.3 is 15.2 Å². The van der Waals surface area contributed by atoms with Crippen molar-refractivity contribution in [1.29, 1.82) is 5.26 Å². The lowest BCUT2D eigenvalue weighted by molar-refractivity contribution is 0.0972. The number of amides is 1. The number of carbonyl (C=O) groups excluding carboxylic acids is 1. The number of benzene rings is 1. The predicted octanol–water partition coefficient (Wildman–Crippen LogP) is 2.05. The molecule has 0 fully saturated rings. The maximum atomic E-state index is 13.0. The summed E-state index contributed by atoms with van der Waals surface area (Å²) in [5.74, 6) is -0.0121. The topological polar surface area (TPSA) is 120 Å². The minimum atomic E-state index is -0.571. The highest BCUT2D eigenvalue weighted by atomic mass is 16.5. The van der Waals surface area contributed by atoms with Crippen molar-refractivity contribution in [2.24, 2.45) is 10.4 Å². The highest BCUT2D eigenvalue weighted by Gasteiger charge is 2.26. The molecule has 8 nitrogen and oxygen atoms in total. The summed E-state index contributed by atoms with van der Waals surface area (Å²) >= 11 is 0. The van der Waals surface area contributed by atoms with Crippen LogP contribution in [0, 0.1) is 16.7 Å². The van der Waals surface area contributed by atoms with Gasteiger partial charge in [-0.25, -0.2) is 0 Å². The van der Waals surface area contributed by atoms with Crippen LogP contribution < -0.4 is 15.4 Å². The van der Waals surface area contributed by atoms with Crippen LogP contribution in [0.5, 0.6) is 11.5 Å². The molecule has 1 aliphatic rings. The molecule has 0 saturated heterocycles. The fraction of sp³-hybridized carbons (Fsp3) is 0.300. The number of phenolic OH excluding ortho intramolecular Hbond substituents is 1. The number of aromatic nitrogens is 1. The third-order valence-electron chi connectivity index (χ3n) is 4.40. The van der Waals surface area contributed by atoms with Crippen molar-refractivity contribution in [3.63, 3.8) is 0 Å². The average Bonchev–Trinajstić information content (AvgIpc) is 2.69. The number of carbonyl (C=O) groups is 1. The number of methoxy groups -OCH3 is 1. The van der Waals surface area contributed by atoms with E-state index in [2.05, 4.69) is 40.5 Å². The van der Waals surface area contributed by atoms with E-state index in [-0.39, 0.29) is 27.9 Å². The normalized spacial score (nSPS) is 15.0. The second-order valence-electron chi connectivity index (χ2n) is 7.24. The van der Waals surface area contributed by atoms with Gasteiger partial charge in [0.2, 0.25) is 0 Å². The number of hydrogen-bond donors (Lipinski definition) is 3. The third kappa shape index (κ3) is 3.88. The Morgan fingerprint density at radius 3 is 2.82 bits per heavy atom. The lowest BCUT2D eigenvalue weighted by Gasteiger charge is -2.29. The summed E-state index contributed by atoms with van der Waals surface area (Å²) < 4.78 is 5.18. The number of aromatic hydroxyl groups is 1. The van der Waals surface area contributed by atoms with E-state index in [1.165, 1.54) is 31.6 Å². The molecule has 3 N–H and O–H groups in total. The first-order valence-corrected chi connectivity index (χ1v) is 8.70. The van der Waals surface area contributed by atoms with Crippen LogP contribution in [0.25, 0.3) is 11.1 Å². The molecule has 1 amide bonds. The second kappa shape index (κ2) is 7.56. The van der Waals surface area contributed by atoms with E-state index < -0.39 is 5.91 Å². The molecule has 0 bridgehead atoms. The molecule has 0 unspecified atom stereocenters. The molecular formula is C20H21N5O3. The van der Waals surface area contributed by atoms with Gasteiger partial charge in [0.1, 0.15) is 11.5 Å². The lowest BCUT2D eigenvalue weighted by Crippen LogP contribution is -2.49. The fourth-order valence-electron chi connectivity index (χ4n) is 2.86. The van der Waals surface area contributed by atoms with E-state index in [4.69, 9.17) is 4.74 Å². The number of aliphatic imine (C=N–C) groups is 1. The first-order chi connectivity index (χ1) is 13.3. The Kier molecular flexibility index (Phi) is 5.18. The third-order valence-corrected chi connectivity index (χ3v) is 4.40. The Labute approximate surface area is 162 Å². The van der Waals surface area contributed by atoms with Crippen molar-refractivity contribution < 1.29 is 14.6 Å². The van der Waals surface area contributed by atoms with Crippen molar-refractivity contribution in [3.8, 4) is 28.7 Å². The maximum Gasteiger partial charge on any atom is 0.262 e. The highest BCUT2D eigenvalue weighted by Crippen LogP contribution is 2.34. The molecule has 1 aromatic heterocycles. The van der Waals surface area contributed by atoms with E-state index in [0.29, 0.717) is 30.4 Å². The molecule has 3 rings (SSSR count). The molecule has 1 aromatic carbocycles. The summed E-state index contributed by atoms with van der Waals surface area (Å²) in [6.07, 6.45) is 3.02. The zero-order valence-corrected chi connectivity index (χ0v) is 15.9. The fourth-order valence-corrected chi connectivity index (χ4v) is 2.86. The minimum Gasteiger partial charge on any atom is -0.507 e. The summed E-state index contributed by atoms with van der Waals surface area (Å²) in [5, 5.41) is 25.7. The van der Waals surface area contributed by atoms with Crippen LogP contribution >= 0.6 is 0 Å². The number of ether oxygens (including phenoxy) is 1. The molecule has 2 heterocycles. The number of nitrogens with zero attached hydrogens (tertiary/aromatic N) is 3. The number of nitrogens with one attached hydrogen (secondary N) is 2. The van der Waals surface area contributed by atoms with Gasteiger partial charge >= 0.3 is 0 Å². The monoisotopic (exact) mass is 379 g/mol. The van der Waals surface area contributed by atoms with Crippen LogP contribution in [-0.2, 0) is 0 Å². The van der Waals surface area contributed by atoms with Crippen LogP contribution in [-0.4, -0.2) is 42.2 Å². The van der Waals surface area contributed by atoms with Gasteiger partial charge in [-0.2, -0.15) is 5.26 Å². The Balaban J connectivity index is 2.04. The summed E-state index contributed by atoms with van der Waals surface area (Å²) in [7, 11) is 1.50. The number of pyridine rings is 1. The number of nitriles is 1. The molecule has 0 saturated carbocycles. The summed E-state index contributed by atoms with van der Waals surface area (Å²) in [6, 6.07) is 6.50. The van der Waals surface area contributed by atoms with Gasteiger partial charge in [0.25, 0.3) is 5.91 Å². The molecule has 28 heavy (non-hydrogen) atoms. The first kappa shape index (κ1) is 19.2. The Morgan fingerprint density at radius 2 is 2.18 bits per heavy atom. The summed E-state index contributed by atoms with van der Waals surface area (Å²) in [5.41, 5.74) is 0.968.